The molecule has 3 aromatic carbocycles. The molecule has 0 atom stereocenters. The van der Waals surface area contributed by atoms with Gasteiger partial charge in [0.1, 0.15) is 0 Å². The van der Waals surface area contributed by atoms with Crippen LogP contribution in [-0.2, 0) is 0 Å². The van der Waals surface area contributed by atoms with E-state index in [1.165, 1.54) is 5.56 Å². The highest BCUT2D eigenvalue weighted by molar-refractivity contribution is 6.05. The van der Waals surface area contributed by atoms with E-state index in [1.807, 2.05) is 18.2 Å². The Hall–Kier alpha value is -3.13. The number of fused-ring (bicyclic) bond motifs is 1. The minimum absolute atomic E-state index is 0.722. The fourth-order valence-corrected chi connectivity index (χ4v) is 3.45. The van der Waals surface area contributed by atoms with Crippen LogP contribution >= 0.6 is 0 Å². The summed E-state index contributed by atoms with van der Waals surface area (Å²) in [6, 6.07) is 22.8. The van der Waals surface area contributed by atoms with Crippen molar-refractivity contribution < 1.29 is 4.79 Å². The van der Waals surface area contributed by atoms with E-state index < -0.39 is 0 Å². The van der Waals surface area contributed by atoms with Crippen molar-refractivity contribution in [2.45, 2.75) is 13.8 Å². The van der Waals surface area contributed by atoms with Gasteiger partial charge in [-0.3, -0.25) is 4.79 Å². The van der Waals surface area contributed by atoms with Crippen LogP contribution in [0.15, 0.2) is 66.7 Å². The lowest BCUT2D eigenvalue weighted by Gasteiger charge is -2.06. The number of rotatable bonds is 3. The van der Waals surface area contributed by atoms with Gasteiger partial charge in [0, 0.05) is 22.0 Å². The first-order valence-corrected chi connectivity index (χ1v) is 8.41. The Morgan fingerprint density at radius 2 is 1.64 bits per heavy atom. The van der Waals surface area contributed by atoms with Crippen LogP contribution in [0.1, 0.15) is 21.5 Å². The molecule has 0 bridgehead atoms. The first-order chi connectivity index (χ1) is 12.2. The van der Waals surface area contributed by atoms with Gasteiger partial charge in [0.2, 0.25) is 0 Å². The molecule has 4 rings (SSSR count). The highest BCUT2D eigenvalue weighted by atomic mass is 16.1. The summed E-state index contributed by atoms with van der Waals surface area (Å²) in [5, 5.41) is 0.964. The summed E-state index contributed by atoms with van der Waals surface area (Å²) in [6.45, 7) is 4.16. The van der Waals surface area contributed by atoms with E-state index in [4.69, 9.17) is 0 Å². The first kappa shape index (κ1) is 15.4. The molecule has 0 fully saturated rings. The second kappa shape index (κ2) is 6.06. The minimum atomic E-state index is 0.722. The molecule has 0 amide bonds. The van der Waals surface area contributed by atoms with Crippen LogP contribution < -0.4 is 0 Å². The molecule has 1 heterocycles. The zero-order valence-electron chi connectivity index (χ0n) is 14.3. The van der Waals surface area contributed by atoms with Crippen LogP contribution in [0.3, 0.4) is 0 Å². The Balaban J connectivity index is 1.94. The molecule has 122 valence electrons. The van der Waals surface area contributed by atoms with E-state index in [2.05, 4.69) is 67.4 Å². The quantitative estimate of drug-likeness (QED) is 0.465. The second-order valence-electron chi connectivity index (χ2n) is 6.48. The van der Waals surface area contributed by atoms with Crippen LogP contribution in [0.25, 0.3) is 33.3 Å². The zero-order valence-corrected chi connectivity index (χ0v) is 14.3. The van der Waals surface area contributed by atoms with E-state index in [9.17, 15) is 4.79 Å². The van der Waals surface area contributed by atoms with Crippen LogP contribution in [0, 0.1) is 13.8 Å². The van der Waals surface area contributed by atoms with Crippen molar-refractivity contribution in [2.75, 3.05) is 0 Å². The predicted octanol–water partition coefficient (Wildman–Crippen LogP) is 5.93. The van der Waals surface area contributed by atoms with Gasteiger partial charge in [0.05, 0.1) is 5.69 Å². The van der Waals surface area contributed by atoms with E-state index in [0.29, 0.717) is 0 Å². The van der Waals surface area contributed by atoms with Crippen molar-refractivity contribution >= 4 is 17.2 Å². The molecule has 25 heavy (non-hydrogen) atoms. The van der Waals surface area contributed by atoms with Crippen molar-refractivity contribution in [3.63, 3.8) is 0 Å². The molecule has 1 N–H and O–H groups in total. The molecule has 0 saturated carbocycles. The number of benzene rings is 3. The number of hydrogen-bond acceptors (Lipinski definition) is 1. The molecule has 0 aliphatic heterocycles. The Morgan fingerprint density at radius 3 is 2.36 bits per heavy atom. The molecule has 0 radical (unpaired) electrons. The van der Waals surface area contributed by atoms with Gasteiger partial charge in [-0.2, -0.15) is 0 Å². The van der Waals surface area contributed by atoms with Gasteiger partial charge in [0.15, 0.2) is 6.29 Å². The lowest BCUT2D eigenvalue weighted by atomic mass is 9.98. The number of aryl methyl sites for hydroxylation is 2. The van der Waals surface area contributed by atoms with Crippen molar-refractivity contribution in [3.8, 4) is 22.4 Å². The van der Waals surface area contributed by atoms with Gasteiger partial charge in [-0.25, -0.2) is 0 Å². The summed E-state index contributed by atoms with van der Waals surface area (Å²) in [6.07, 6.45) is 0.961. The van der Waals surface area contributed by atoms with Gasteiger partial charge in [0.25, 0.3) is 0 Å². The monoisotopic (exact) mass is 325 g/mol. The number of H-pyrrole nitrogens is 1. The second-order valence-corrected chi connectivity index (χ2v) is 6.48. The lowest BCUT2D eigenvalue weighted by Crippen LogP contribution is -1.89. The summed E-state index contributed by atoms with van der Waals surface area (Å²) >= 11 is 0. The number of carbonyl (C=O) groups excluding carboxylic acids is 1. The van der Waals surface area contributed by atoms with Crippen LogP contribution in [0.5, 0.6) is 0 Å². The molecule has 2 heteroatoms. The van der Waals surface area contributed by atoms with E-state index in [1.54, 1.807) is 0 Å². The Labute approximate surface area is 147 Å². The normalized spacial score (nSPS) is 11.0. The topological polar surface area (TPSA) is 32.9 Å². The maximum absolute atomic E-state index is 11.9. The van der Waals surface area contributed by atoms with Crippen molar-refractivity contribution in [1.29, 1.82) is 0 Å². The van der Waals surface area contributed by atoms with Gasteiger partial charge in [-0.1, -0.05) is 60.2 Å². The van der Waals surface area contributed by atoms with Crippen molar-refractivity contribution in [2.24, 2.45) is 0 Å². The largest absolute Gasteiger partial charge is 0.354 e. The van der Waals surface area contributed by atoms with Crippen molar-refractivity contribution in [1.82, 2.24) is 4.98 Å². The molecule has 4 aromatic rings. The summed E-state index contributed by atoms with van der Waals surface area (Å²) in [4.78, 5) is 15.3. The standard InChI is InChI=1S/C23H19NO/c1-15-8-10-19(16(2)12-15)23-21(14-25)20-13-18(9-11-22(20)24-23)17-6-4-3-5-7-17/h3-14,24H,1-2H3. The maximum Gasteiger partial charge on any atom is 0.152 e. The highest BCUT2D eigenvalue weighted by Crippen LogP contribution is 2.33. The zero-order chi connectivity index (χ0) is 17.4. The Bertz CT molecular complexity index is 1070. The fourth-order valence-electron chi connectivity index (χ4n) is 3.45. The van der Waals surface area contributed by atoms with Gasteiger partial charge >= 0.3 is 0 Å². The minimum Gasteiger partial charge on any atom is -0.354 e. The molecule has 0 unspecified atom stereocenters. The number of nitrogens with one attached hydrogen (secondary N) is 1. The fraction of sp³-hybridized carbons (Fsp3) is 0.0870. The highest BCUT2D eigenvalue weighted by Gasteiger charge is 2.15. The summed E-state index contributed by atoms with van der Waals surface area (Å²) < 4.78 is 0. The number of carbonyl (C=O) groups is 1. The molecule has 0 saturated heterocycles. The van der Waals surface area contributed by atoms with Crippen LogP contribution in [0.4, 0.5) is 0 Å². The van der Waals surface area contributed by atoms with Crippen LogP contribution in [-0.4, -0.2) is 11.3 Å². The summed E-state index contributed by atoms with van der Waals surface area (Å²) in [5.41, 5.74) is 8.32. The third kappa shape index (κ3) is 2.66. The molecule has 0 aliphatic carbocycles. The smallest absolute Gasteiger partial charge is 0.152 e. The third-order valence-corrected chi connectivity index (χ3v) is 4.71. The van der Waals surface area contributed by atoms with Crippen LogP contribution in [0.2, 0.25) is 0 Å². The number of aldehydes is 1. The molecular formula is C23H19NO. The molecule has 0 spiro atoms. The number of hydrogen-bond donors (Lipinski definition) is 1. The van der Waals surface area contributed by atoms with Gasteiger partial charge < -0.3 is 4.98 Å². The number of aromatic amines is 1. The van der Waals surface area contributed by atoms with Gasteiger partial charge in [-0.05, 0) is 42.7 Å². The first-order valence-electron chi connectivity index (χ1n) is 8.41. The SMILES string of the molecule is Cc1ccc(-c2[nH]c3ccc(-c4ccccc4)cc3c2C=O)c(C)c1. The molecular weight excluding hydrogens is 306 g/mol. The van der Waals surface area contributed by atoms with Gasteiger partial charge in [-0.15, -0.1) is 0 Å². The molecule has 2 nitrogen and oxygen atoms in total. The lowest BCUT2D eigenvalue weighted by molar-refractivity contribution is 0.112. The van der Waals surface area contributed by atoms with E-state index in [-0.39, 0.29) is 0 Å². The molecule has 0 aliphatic rings. The van der Waals surface area contributed by atoms with E-state index in [0.717, 1.165) is 50.7 Å². The Kier molecular flexibility index (Phi) is 3.73. The third-order valence-electron chi connectivity index (χ3n) is 4.71. The Morgan fingerprint density at radius 1 is 0.840 bits per heavy atom. The average Bonchev–Trinajstić information content (AvgIpc) is 2.99. The summed E-state index contributed by atoms with van der Waals surface area (Å²) in [5.74, 6) is 0. The maximum atomic E-state index is 11.9. The van der Waals surface area contributed by atoms with E-state index >= 15 is 0 Å². The predicted molar refractivity (Wildman–Crippen MR) is 104 cm³/mol. The molecule has 1 aromatic heterocycles. The number of aromatic nitrogens is 1. The average molecular weight is 325 g/mol. The van der Waals surface area contributed by atoms with Crippen molar-refractivity contribution in [3.05, 3.63) is 83.4 Å². The summed E-state index contributed by atoms with van der Waals surface area (Å²) in [7, 11) is 0.